The highest BCUT2D eigenvalue weighted by atomic mass is 32.1. The number of fused-ring (bicyclic) bond motifs is 1. The van der Waals surface area contributed by atoms with E-state index in [4.69, 9.17) is 0 Å². The van der Waals surface area contributed by atoms with E-state index in [1.165, 1.54) is 0 Å². The number of carbonyl (C=O) groups excluding carboxylic acids is 1. The van der Waals surface area contributed by atoms with E-state index in [1.807, 2.05) is 68.4 Å². The molecule has 0 aliphatic rings. The Morgan fingerprint density at radius 2 is 1.96 bits per heavy atom. The van der Waals surface area contributed by atoms with Gasteiger partial charge < -0.3 is 5.32 Å². The summed E-state index contributed by atoms with van der Waals surface area (Å²) in [5, 5.41) is 3.95. The molecule has 4 rings (SSSR count). The van der Waals surface area contributed by atoms with Gasteiger partial charge in [0.2, 0.25) is 5.91 Å². The van der Waals surface area contributed by atoms with E-state index < -0.39 is 0 Å². The maximum Gasteiger partial charge on any atom is 0.228 e. The maximum absolute atomic E-state index is 12.5. The number of pyridine rings is 1. The number of amides is 1. The molecule has 1 amide bonds. The molecule has 0 bridgehead atoms. The van der Waals surface area contributed by atoms with Gasteiger partial charge in [-0.3, -0.25) is 4.79 Å². The van der Waals surface area contributed by atoms with Gasteiger partial charge in [0.05, 0.1) is 6.42 Å². The molecule has 0 aliphatic carbocycles. The molecular weight excluding hydrogens is 354 g/mol. The fraction of sp³-hybridized carbons (Fsp3) is 0.136. The van der Waals surface area contributed by atoms with Gasteiger partial charge in [-0.1, -0.05) is 53.3 Å². The number of carbonyl (C=O) groups is 1. The zero-order valence-corrected chi connectivity index (χ0v) is 16.0. The minimum Gasteiger partial charge on any atom is -0.326 e. The van der Waals surface area contributed by atoms with Crippen molar-refractivity contribution in [1.29, 1.82) is 0 Å². The van der Waals surface area contributed by atoms with E-state index in [1.54, 1.807) is 17.5 Å². The van der Waals surface area contributed by atoms with Crippen molar-refractivity contribution in [2.45, 2.75) is 20.3 Å². The number of nitrogens with zero attached hydrogens (tertiary/aromatic N) is 2. The SMILES string of the molecule is Cc1cccc(CC(=O)Nc2cc(-c3nc4cccnc4s3)ccc2C)c1. The van der Waals surface area contributed by atoms with Crippen molar-refractivity contribution in [2.24, 2.45) is 0 Å². The first-order valence-corrected chi connectivity index (χ1v) is 9.58. The van der Waals surface area contributed by atoms with Crippen molar-refractivity contribution in [3.63, 3.8) is 0 Å². The average molecular weight is 373 g/mol. The Morgan fingerprint density at radius 3 is 2.78 bits per heavy atom. The second kappa shape index (κ2) is 7.29. The minimum absolute atomic E-state index is 0.0215. The highest BCUT2D eigenvalue weighted by Crippen LogP contribution is 2.31. The Hall–Kier alpha value is -3.05. The predicted molar refractivity (Wildman–Crippen MR) is 111 cm³/mol. The monoisotopic (exact) mass is 373 g/mol. The summed E-state index contributed by atoms with van der Waals surface area (Å²) in [5.74, 6) is -0.0215. The van der Waals surface area contributed by atoms with Crippen LogP contribution in [0, 0.1) is 13.8 Å². The molecule has 2 heterocycles. The van der Waals surface area contributed by atoms with Crippen molar-refractivity contribution < 1.29 is 4.79 Å². The van der Waals surface area contributed by atoms with Gasteiger partial charge in [0.1, 0.15) is 15.4 Å². The third kappa shape index (κ3) is 3.88. The van der Waals surface area contributed by atoms with Crippen LogP contribution >= 0.6 is 11.3 Å². The largest absolute Gasteiger partial charge is 0.326 e. The summed E-state index contributed by atoms with van der Waals surface area (Å²) >= 11 is 1.55. The lowest BCUT2D eigenvalue weighted by atomic mass is 10.1. The Labute approximate surface area is 161 Å². The number of anilines is 1. The smallest absolute Gasteiger partial charge is 0.228 e. The summed E-state index contributed by atoms with van der Waals surface area (Å²) in [6.07, 6.45) is 2.13. The summed E-state index contributed by atoms with van der Waals surface area (Å²) in [5.41, 5.74) is 5.88. The fourth-order valence-electron chi connectivity index (χ4n) is 2.98. The van der Waals surface area contributed by atoms with Gasteiger partial charge in [-0.25, -0.2) is 9.97 Å². The second-order valence-corrected chi connectivity index (χ2v) is 7.57. The zero-order valence-electron chi connectivity index (χ0n) is 15.2. The average Bonchev–Trinajstić information content (AvgIpc) is 3.07. The second-order valence-electron chi connectivity index (χ2n) is 6.59. The fourth-order valence-corrected chi connectivity index (χ4v) is 3.89. The number of rotatable bonds is 4. The molecule has 0 radical (unpaired) electrons. The molecule has 0 unspecified atom stereocenters. The quantitative estimate of drug-likeness (QED) is 0.538. The number of hydrogen-bond acceptors (Lipinski definition) is 4. The highest BCUT2D eigenvalue weighted by Gasteiger charge is 2.11. The maximum atomic E-state index is 12.5. The lowest BCUT2D eigenvalue weighted by Crippen LogP contribution is -2.15. The molecule has 1 N–H and O–H groups in total. The Kier molecular flexibility index (Phi) is 4.69. The number of benzene rings is 2. The molecule has 5 heteroatoms. The van der Waals surface area contributed by atoms with Gasteiger partial charge in [-0.05, 0) is 43.2 Å². The van der Waals surface area contributed by atoms with Crippen LogP contribution in [0.15, 0.2) is 60.8 Å². The highest BCUT2D eigenvalue weighted by molar-refractivity contribution is 7.21. The van der Waals surface area contributed by atoms with Crippen LogP contribution in [0.25, 0.3) is 20.9 Å². The standard InChI is InChI=1S/C22H19N3OS/c1-14-5-3-6-16(11-14)12-20(26)24-19-13-17(9-8-15(19)2)21-25-18-7-4-10-23-22(18)27-21/h3-11,13H,12H2,1-2H3,(H,24,26). The van der Waals surface area contributed by atoms with Gasteiger partial charge in [-0.2, -0.15) is 0 Å². The van der Waals surface area contributed by atoms with E-state index in [9.17, 15) is 4.79 Å². The Bertz CT molecular complexity index is 1100. The Morgan fingerprint density at radius 1 is 1.07 bits per heavy atom. The predicted octanol–water partition coefficient (Wildman–Crippen LogP) is 5.16. The molecule has 0 atom stereocenters. The van der Waals surface area contributed by atoms with Gasteiger partial charge >= 0.3 is 0 Å². The first-order valence-electron chi connectivity index (χ1n) is 8.76. The summed E-state index contributed by atoms with van der Waals surface area (Å²) < 4.78 is 0. The molecule has 27 heavy (non-hydrogen) atoms. The van der Waals surface area contributed by atoms with Crippen LogP contribution in [0.1, 0.15) is 16.7 Å². The molecule has 0 spiro atoms. The van der Waals surface area contributed by atoms with E-state index in [0.29, 0.717) is 6.42 Å². The lowest BCUT2D eigenvalue weighted by Gasteiger charge is -2.10. The van der Waals surface area contributed by atoms with E-state index >= 15 is 0 Å². The van der Waals surface area contributed by atoms with Gasteiger partial charge in [0, 0.05) is 17.4 Å². The van der Waals surface area contributed by atoms with Crippen LogP contribution in [0.4, 0.5) is 5.69 Å². The first kappa shape index (κ1) is 17.4. The molecular formula is C22H19N3OS. The van der Waals surface area contributed by atoms with Crippen molar-refractivity contribution in [2.75, 3.05) is 5.32 Å². The van der Waals surface area contributed by atoms with E-state index in [0.717, 1.165) is 43.3 Å². The number of thiazole rings is 1. The summed E-state index contributed by atoms with van der Waals surface area (Å²) in [6, 6.07) is 17.9. The van der Waals surface area contributed by atoms with Crippen molar-refractivity contribution in [3.05, 3.63) is 77.5 Å². The molecule has 4 aromatic rings. The molecule has 0 aliphatic heterocycles. The Balaban J connectivity index is 1.57. The van der Waals surface area contributed by atoms with Crippen LogP contribution in [0.5, 0.6) is 0 Å². The van der Waals surface area contributed by atoms with E-state index in [-0.39, 0.29) is 5.91 Å². The van der Waals surface area contributed by atoms with Gasteiger partial charge in [0.25, 0.3) is 0 Å². The van der Waals surface area contributed by atoms with Crippen LogP contribution in [0.3, 0.4) is 0 Å². The molecule has 134 valence electrons. The molecule has 0 saturated carbocycles. The topological polar surface area (TPSA) is 54.9 Å². The number of aryl methyl sites for hydroxylation is 2. The summed E-state index contributed by atoms with van der Waals surface area (Å²) in [4.78, 5) is 22.4. The van der Waals surface area contributed by atoms with Gasteiger partial charge in [0.15, 0.2) is 0 Å². The molecule has 0 saturated heterocycles. The number of hydrogen-bond donors (Lipinski definition) is 1. The molecule has 2 aromatic heterocycles. The van der Waals surface area contributed by atoms with Crippen LogP contribution in [-0.4, -0.2) is 15.9 Å². The van der Waals surface area contributed by atoms with Crippen molar-refractivity contribution >= 4 is 33.3 Å². The summed E-state index contributed by atoms with van der Waals surface area (Å²) in [7, 11) is 0. The molecule has 4 nitrogen and oxygen atoms in total. The number of aromatic nitrogens is 2. The first-order chi connectivity index (χ1) is 13.1. The lowest BCUT2D eigenvalue weighted by molar-refractivity contribution is -0.115. The van der Waals surface area contributed by atoms with Crippen molar-refractivity contribution in [3.8, 4) is 10.6 Å². The number of nitrogens with one attached hydrogen (secondary N) is 1. The summed E-state index contributed by atoms with van der Waals surface area (Å²) in [6.45, 7) is 4.02. The van der Waals surface area contributed by atoms with Crippen LogP contribution in [-0.2, 0) is 11.2 Å². The van der Waals surface area contributed by atoms with Crippen LogP contribution < -0.4 is 5.32 Å². The van der Waals surface area contributed by atoms with Gasteiger partial charge in [-0.15, -0.1) is 0 Å². The molecule has 2 aromatic carbocycles. The third-order valence-corrected chi connectivity index (χ3v) is 5.40. The normalized spacial score (nSPS) is 10.9. The van der Waals surface area contributed by atoms with Crippen molar-refractivity contribution in [1.82, 2.24) is 9.97 Å². The third-order valence-electron chi connectivity index (χ3n) is 4.37. The minimum atomic E-state index is -0.0215. The molecule has 0 fully saturated rings. The zero-order chi connectivity index (χ0) is 18.8. The van der Waals surface area contributed by atoms with Crippen LogP contribution in [0.2, 0.25) is 0 Å². The van der Waals surface area contributed by atoms with E-state index in [2.05, 4.69) is 15.3 Å².